The van der Waals surface area contributed by atoms with Crippen LogP contribution in [-0.4, -0.2) is 74.4 Å². The first-order valence-corrected chi connectivity index (χ1v) is 32.8. The van der Waals surface area contributed by atoms with Crippen molar-refractivity contribution < 1.29 is 31.7 Å². The summed E-state index contributed by atoms with van der Waals surface area (Å²) in [6.07, 6.45) is 2.95. The fourth-order valence-electron chi connectivity index (χ4n) is 3.91. The van der Waals surface area contributed by atoms with Crippen LogP contribution in [0.3, 0.4) is 0 Å². The van der Waals surface area contributed by atoms with E-state index in [1.165, 1.54) is 0 Å². The Labute approximate surface area is 234 Å². The molecule has 218 valence electrons. The maximum Gasteiger partial charge on any atom is 0.340 e. The summed E-state index contributed by atoms with van der Waals surface area (Å²) < 4.78 is 38.9. The maximum absolute atomic E-state index is 13.4. The Balaban J connectivity index is 3.30. The second-order valence-electron chi connectivity index (χ2n) is 14.1. The van der Waals surface area contributed by atoms with Gasteiger partial charge in [-0.25, -0.2) is 4.79 Å². The van der Waals surface area contributed by atoms with Crippen molar-refractivity contribution in [3.05, 3.63) is 11.5 Å². The zero-order valence-electron chi connectivity index (χ0n) is 26.3. The van der Waals surface area contributed by atoms with Gasteiger partial charge in [-0.2, -0.15) is 0 Å². The van der Waals surface area contributed by atoms with Gasteiger partial charge >= 0.3 is 5.97 Å². The lowest BCUT2D eigenvalue weighted by atomic mass is 10.3. The van der Waals surface area contributed by atoms with Crippen LogP contribution < -0.4 is 0 Å². The number of carbonyl (C=O) groups excluding carboxylic acids is 1. The van der Waals surface area contributed by atoms with Crippen molar-refractivity contribution in [2.45, 2.75) is 129 Å². The zero-order valence-corrected chi connectivity index (χ0v) is 32.7. The van der Waals surface area contributed by atoms with Gasteiger partial charge in [0.05, 0.1) is 5.73 Å². The van der Waals surface area contributed by atoms with Gasteiger partial charge in [-0.1, -0.05) is 13.3 Å². The maximum atomic E-state index is 13.4. The molecule has 1 fully saturated rings. The van der Waals surface area contributed by atoms with Crippen LogP contribution in [0.5, 0.6) is 0 Å². The molecule has 1 aliphatic heterocycles. The Kier molecular flexibility index (Phi) is 12.8. The van der Waals surface area contributed by atoms with Gasteiger partial charge in [-0.15, -0.1) is 0 Å². The lowest BCUT2D eigenvalue weighted by molar-refractivity contribution is -0.141. The Morgan fingerprint density at radius 3 is 1.68 bits per heavy atom. The Hall–Kier alpha value is -0.00870. The molecule has 0 N–H and O–H groups in total. The van der Waals surface area contributed by atoms with Crippen LogP contribution in [0.15, 0.2) is 11.5 Å². The van der Waals surface area contributed by atoms with Crippen LogP contribution in [0, 0.1) is 0 Å². The monoisotopic (exact) mass is 624 g/mol. The predicted octanol–water partition coefficient (Wildman–Crippen LogP) is 6.19. The predicted molar refractivity (Wildman–Crippen MR) is 169 cm³/mol. The molecular formula is C24H56O7Si6. The van der Waals surface area contributed by atoms with Crippen molar-refractivity contribution in [2.24, 2.45) is 0 Å². The molecule has 0 amide bonds. The van der Waals surface area contributed by atoms with Gasteiger partial charge < -0.3 is 26.9 Å². The molecule has 1 aliphatic rings. The first-order valence-electron chi connectivity index (χ1n) is 13.9. The fraction of sp³-hybridized carbons (Fsp3) is 0.875. The standard InChI is InChI=1S/C24H56O7Si6/c1-15-21(27-22(25)20(2)23(28-33(3,4)5)29-34(6,7)8)32-37(19-17-16-18-26-37)24(30-35(9,10)11)31-36(12,13)14/h21,24H,15-19,32H2,1-14H3. The second-order valence-corrected chi connectivity index (χ2v) is 41.4. The van der Waals surface area contributed by atoms with Gasteiger partial charge in [0.25, 0.3) is 5.95 Å². The zero-order chi connectivity index (χ0) is 28.9. The Bertz CT molecular complexity index is 738. The number of carbonyl (C=O) groups is 1. The van der Waals surface area contributed by atoms with Crippen LogP contribution in [-0.2, 0) is 31.7 Å². The molecule has 37 heavy (non-hydrogen) atoms. The van der Waals surface area contributed by atoms with Crippen LogP contribution >= 0.6 is 0 Å². The fourth-order valence-corrected chi connectivity index (χ4v) is 22.2. The summed E-state index contributed by atoms with van der Waals surface area (Å²) in [6.45, 7) is 30.4. The summed E-state index contributed by atoms with van der Waals surface area (Å²) in [5.74, 6) is -0.273. The molecule has 0 spiro atoms. The SMILES string of the molecule is CCC(OC(=O)C(C)=C(O[Si](C)(C)C)O[Si](C)(C)C)[SiH2][Si]1(C(O[Si](C)(C)C)O[Si](C)(C)C)CCCCO1. The highest BCUT2D eigenvalue weighted by molar-refractivity contribution is 7.22. The normalized spacial score (nSPS) is 20.7. The molecule has 1 saturated heterocycles. The van der Waals surface area contributed by atoms with Gasteiger partial charge in [-0.05, 0) is 104 Å². The Morgan fingerprint density at radius 1 is 0.838 bits per heavy atom. The summed E-state index contributed by atoms with van der Waals surface area (Å²) >= 11 is 0. The van der Waals surface area contributed by atoms with E-state index in [1.807, 2.05) is 0 Å². The van der Waals surface area contributed by atoms with Crippen LogP contribution in [0.2, 0.25) is 84.6 Å². The third-order valence-electron chi connectivity index (χ3n) is 5.45. The molecule has 7 nitrogen and oxygen atoms in total. The van der Waals surface area contributed by atoms with Crippen LogP contribution in [0.4, 0.5) is 0 Å². The molecule has 1 rings (SSSR count). The minimum atomic E-state index is -2.40. The summed E-state index contributed by atoms with van der Waals surface area (Å²) in [4.78, 5) is 13.4. The van der Waals surface area contributed by atoms with Crippen molar-refractivity contribution in [2.75, 3.05) is 6.61 Å². The summed E-state index contributed by atoms with van der Waals surface area (Å²) in [6, 6.07) is 1.02. The van der Waals surface area contributed by atoms with Gasteiger partial charge in [0.15, 0.2) is 16.6 Å². The third-order valence-corrected chi connectivity index (χ3v) is 20.4. The first kappa shape index (κ1) is 35.0. The molecule has 0 radical (unpaired) electrons. The smallest absolute Gasteiger partial charge is 0.340 e. The molecule has 0 aromatic heterocycles. The van der Waals surface area contributed by atoms with E-state index in [4.69, 9.17) is 26.9 Å². The van der Waals surface area contributed by atoms with E-state index >= 15 is 0 Å². The summed E-state index contributed by atoms with van der Waals surface area (Å²) in [7, 11) is -11.1. The van der Waals surface area contributed by atoms with E-state index in [9.17, 15) is 4.79 Å². The van der Waals surface area contributed by atoms with Crippen molar-refractivity contribution >= 4 is 56.1 Å². The molecule has 0 saturated carbocycles. The second kappa shape index (κ2) is 13.6. The Morgan fingerprint density at radius 2 is 1.32 bits per heavy atom. The van der Waals surface area contributed by atoms with Gasteiger partial charge in [-0.3, -0.25) is 0 Å². The van der Waals surface area contributed by atoms with E-state index in [0.29, 0.717) is 11.5 Å². The van der Waals surface area contributed by atoms with E-state index in [2.05, 4.69) is 85.5 Å². The highest BCUT2D eigenvalue weighted by Crippen LogP contribution is 2.32. The molecule has 0 aliphatic carbocycles. The van der Waals surface area contributed by atoms with Crippen LogP contribution in [0.1, 0.15) is 33.1 Å². The number of hydrogen-bond acceptors (Lipinski definition) is 7. The lowest BCUT2D eigenvalue weighted by Gasteiger charge is -2.46. The molecule has 2 unspecified atom stereocenters. The van der Waals surface area contributed by atoms with E-state index < -0.39 is 50.1 Å². The molecular weight excluding hydrogens is 569 g/mol. The summed E-state index contributed by atoms with van der Waals surface area (Å²) in [5.41, 5.74) is 0.274. The minimum absolute atomic E-state index is 0.148. The van der Waals surface area contributed by atoms with Gasteiger partial charge in [0.1, 0.15) is 20.5 Å². The molecule has 2 atom stereocenters. The summed E-state index contributed by atoms with van der Waals surface area (Å²) in [5, 5.41) is 0. The lowest BCUT2D eigenvalue weighted by Crippen LogP contribution is -2.66. The van der Waals surface area contributed by atoms with E-state index in [-0.39, 0.29) is 17.6 Å². The highest BCUT2D eigenvalue weighted by atomic mass is 29.2. The van der Waals surface area contributed by atoms with Crippen molar-refractivity contribution in [1.29, 1.82) is 0 Å². The quantitative estimate of drug-likeness (QED) is 0.0750. The number of ether oxygens (including phenoxy) is 1. The number of hydrogen-bond donors (Lipinski definition) is 0. The van der Waals surface area contributed by atoms with E-state index in [1.54, 1.807) is 6.92 Å². The molecule has 1 heterocycles. The van der Waals surface area contributed by atoms with E-state index in [0.717, 1.165) is 31.9 Å². The highest BCUT2D eigenvalue weighted by Gasteiger charge is 2.51. The largest absolute Gasteiger partial charge is 0.520 e. The topological polar surface area (TPSA) is 72.5 Å². The molecule has 0 aromatic rings. The molecule has 0 bridgehead atoms. The molecule has 13 heteroatoms. The third kappa shape index (κ3) is 13.8. The minimum Gasteiger partial charge on any atom is -0.520 e. The number of rotatable bonds is 14. The van der Waals surface area contributed by atoms with Gasteiger partial charge in [0.2, 0.25) is 24.5 Å². The first-order chi connectivity index (χ1) is 16.6. The van der Waals surface area contributed by atoms with Crippen molar-refractivity contribution in [1.82, 2.24) is 0 Å². The van der Waals surface area contributed by atoms with Crippen molar-refractivity contribution in [3.8, 4) is 0 Å². The van der Waals surface area contributed by atoms with Crippen LogP contribution in [0.25, 0.3) is 0 Å². The number of esters is 1. The molecule has 0 aromatic carbocycles. The van der Waals surface area contributed by atoms with Crippen molar-refractivity contribution in [3.63, 3.8) is 0 Å². The average Bonchev–Trinajstić information content (AvgIpc) is 2.68. The van der Waals surface area contributed by atoms with Gasteiger partial charge in [0, 0.05) is 6.61 Å². The average molecular weight is 625 g/mol.